The largest absolute Gasteiger partial charge is 0.508 e. The van der Waals surface area contributed by atoms with Gasteiger partial charge in [0.05, 0.1) is 12.7 Å². The maximum absolute atomic E-state index is 11.2. The molecule has 80 valence electrons. The average Bonchev–Trinajstić information content (AvgIpc) is 3.04. The number of rotatable bonds is 4. The Bertz CT molecular complexity index is 382. The maximum atomic E-state index is 11.2. The average molecular weight is 208 g/mol. The summed E-state index contributed by atoms with van der Waals surface area (Å²) in [7, 11) is 0. The van der Waals surface area contributed by atoms with Crippen LogP contribution in [0.1, 0.15) is 15.9 Å². The van der Waals surface area contributed by atoms with Gasteiger partial charge in [0.25, 0.3) is 0 Å². The summed E-state index contributed by atoms with van der Waals surface area (Å²) in [5.41, 5.74) is 1.11. The summed E-state index contributed by atoms with van der Waals surface area (Å²) in [6.45, 7) is 0.196. The topological polar surface area (TPSA) is 70.1 Å². The van der Waals surface area contributed by atoms with Gasteiger partial charge in [-0.25, -0.2) is 0 Å². The third-order valence-electron chi connectivity index (χ3n) is 2.40. The van der Waals surface area contributed by atoms with Gasteiger partial charge in [0.2, 0.25) is 0 Å². The van der Waals surface area contributed by atoms with Crippen LogP contribution in [-0.4, -0.2) is 35.3 Å². The van der Waals surface area contributed by atoms with Gasteiger partial charge in [0.1, 0.15) is 12.4 Å². The summed E-state index contributed by atoms with van der Waals surface area (Å²) in [4.78, 5) is 11.2. The van der Waals surface area contributed by atoms with Crippen LogP contribution < -0.4 is 0 Å². The number of Topliss-reactive ketones (excluding diaryl/α,β-unsaturated/α-hetero) is 1. The Labute approximate surface area is 87.1 Å². The van der Waals surface area contributed by atoms with Crippen molar-refractivity contribution in [3.8, 4) is 5.75 Å². The minimum atomic E-state index is -0.510. The highest BCUT2D eigenvalue weighted by Crippen LogP contribution is 2.24. The van der Waals surface area contributed by atoms with Crippen LogP contribution in [0.3, 0.4) is 0 Å². The number of aliphatic hydroxyl groups excluding tert-OH is 1. The van der Waals surface area contributed by atoms with E-state index in [1.54, 1.807) is 6.07 Å². The number of ether oxygens (including phenoxy) is 1. The molecule has 0 saturated carbocycles. The van der Waals surface area contributed by atoms with Crippen molar-refractivity contribution in [1.29, 1.82) is 0 Å². The molecule has 1 aliphatic heterocycles. The molecule has 1 heterocycles. The van der Waals surface area contributed by atoms with E-state index in [0.29, 0.717) is 24.2 Å². The van der Waals surface area contributed by atoms with Crippen molar-refractivity contribution in [1.82, 2.24) is 0 Å². The molecule has 1 fully saturated rings. The van der Waals surface area contributed by atoms with Gasteiger partial charge in [-0.3, -0.25) is 4.79 Å². The van der Waals surface area contributed by atoms with Crippen molar-refractivity contribution in [2.24, 2.45) is 0 Å². The Hall–Kier alpha value is -1.39. The van der Waals surface area contributed by atoms with Crippen molar-refractivity contribution in [2.45, 2.75) is 12.5 Å². The van der Waals surface area contributed by atoms with E-state index in [0.717, 1.165) is 0 Å². The molecule has 1 atom stereocenters. The lowest BCUT2D eigenvalue weighted by molar-refractivity contribution is 0.0903. The van der Waals surface area contributed by atoms with Gasteiger partial charge in [-0.1, -0.05) is 0 Å². The quantitative estimate of drug-likeness (QED) is 0.558. The first-order chi connectivity index (χ1) is 7.20. The second kappa shape index (κ2) is 4.00. The van der Waals surface area contributed by atoms with Gasteiger partial charge in [-0.15, -0.1) is 0 Å². The Morgan fingerprint density at radius 1 is 1.53 bits per heavy atom. The van der Waals surface area contributed by atoms with Crippen LogP contribution in [0.25, 0.3) is 0 Å². The molecule has 1 unspecified atom stereocenters. The molecule has 1 aliphatic rings. The molecular weight excluding hydrogens is 196 g/mol. The van der Waals surface area contributed by atoms with Crippen LogP contribution in [-0.2, 0) is 11.2 Å². The molecule has 0 aliphatic carbocycles. The first kappa shape index (κ1) is 10.1. The van der Waals surface area contributed by atoms with E-state index in [4.69, 9.17) is 9.84 Å². The number of aromatic hydroxyl groups is 1. The number of hydrogen-bond acceptors (Lipinski definition) is 4. The van der Waals surface area contributed by atoms with Crippen LogP contribution in [0.5, 0.6) is 5.75 Å². The van der Waals surface area contributed by atoms with Gasteiger partial charge in [0, 0.05) is 12.0 Å². The lowest BCUT2D eigenvalue weighted by Gasteiger charge is -2.04. The first-order valence-electron chi connectivity index (χ1n) is 4.78. The third kappa shape index (κ3) is 2.34. The number of carbonyl (C=O) groups is 1. The SMILES string of the molecule is O=C(CO)c1ccc(O)c(CC2CO2)c1. The van der Waals surface area contributed by atoms with E-state index in [2.05, 4.69) is 0 Å². The van der Waals surface area contributed by atoms with Crippen LogP contribution in [0.2, 0.25) is 0 Å². The number of phenolic OH excluding ortho intramolecular Hbond substituents is 1. The molecule has 0 radical (unpaired) electrons. The number of epoxide rings is 1. The third-order valence-corrected chi connectivity index (χ3v) is 2.40. The zero-order chi connectivity index (χ0) is 10.8. The van der Waals surface area contributed by atoms with Crippen molar-refractivity contribution in [3.63, 3.8) is 0 Å². The van der Waals surface area contributed by atoms with Crippen molar-refractivity contribution < 1.29 is 19.7 Å². The Kier molecular flexibility index (Phi) is 2.70. The minimum absolute atomic E-state index is 0.162. The van der Waals surface area contributed by atoms with Gasteiger partial charge < -0.3 is 14.9 Å². The first-order valence-corrected chi connectivity index (χ1v) is 4.78. The van der Waals surface area contributed by atoms with E-state index in [1.807, 2.05) is 0 Å². The highest BCUT2D eigenvalue weighted by atomic mass is 16.6. The van der Waals surface area contributed by atoms with Crippen LogP contribution in [0.4, 0.5) is 0 Å². The van der Waals surface area contributed by atoms with Gasteiger partial charge in [-0.2, -0.15) is 0 Å². The molecule has 1 saturated heterocycles. The summed E-state index contributed by atoms with van der Waals surface area (Å²) < 4.78 is 5.05. The molecule has 0 spiro atoms. The highest BCUT2D eigenvalue weighted by molar-refractivity contribution is 5.97. The summed E-state index contributed by atoms with van der Waals surface area (Å²) >= 11 is 0. The molecule has 1 aromatic rings. The minimum Gasteiger partial charge on any atom is -0.508 e. The molecule has 1 aromatic carbocycles. The number of aliphatic hydroxyl groups is 1. The Morgan fingerprint density at radius 2 is 2.27 bits per heavy atom. The van der Waals surface area contributed by atoms with Crippen LogP contribution in [0.15, 0.2) is 18.2 Å². The fourth-order valence-corrected chi connectivity index (χ4v) is 1.44. The number of phenols is 1. The molecule has 0 bridgehead atoms. The molecule has 2 rings (SSSR count). The van der Waals surface area contributed by atoms with Crippen molar-refractivity contribution in [3.05, 3.63) is 29.3 Å². The van der Waals surface area contributed by atoms with E-state index in [9.17, 15) is 9.90 Å². The normalized spacial score (nSPS) is 18.9. The molecule has 0 aromatic heterocycles. The van der Waals surface area contributed by atoms with Gasteiger partial charge in [-0.05, 0) is 23.8 Å². The summed E-state index contributed by atoms with van der Waals surface area (Å²) in [5, 5.41) is 18.2. The lowest BCUT2D eigenvalue weighted by Crippen LogP contribution is -2.05. The monoisotopic (exact) mass is 208 g/mol. The summed E-state index contributed by atoms with van der Waals surface area (Å²) in [6, 6.07) is 4.58. The maximum Gasteiger partial charge on any atom is 0.188 e. The second-order valence-electron chi connectivity index (χ2n) is 3.58. The predicted octanol–water partition coefficient (Wildman–Crippen LogP) is 0.508. The van der Waals surface area contributed by atoms with E-state index >= 15 is 0 Å². The number of benzene rings is 1. The Morgan fingerprint density at radius 3 is 2.87 bits per heavy atom. The molecule has 4 heteroatoms. The molecular formula is C11H12O4. The summed E-state index contributed by atoms with van der Waals surface area (Å²) in [6.07, 6.45) is 0.772. The van der Waals surface area contributed by atoms with Crippen LogP contribution >= 0.6 is 0 Å². The number of ketones is 1. The summed E-state index contributed by atoms with van der Waals surface area (Å²) in [5.74, 6) is -0.173. The van der Waals surface area contributed by atoms with Crippen molar-refractivity contribution in [2.75, 3.05) is 13.2 Å². The second-order valence-corrected chi connectivity index (χ2v) is 3.58. The predicted molar refractivity (Wildman–Crippen MR) is 53.0 cm³/mol. The molecule has 15 heavy (non-hydrogen) atoms. The smallest absolute Gasteiger partial charge is 0.188 e. The Balaban J connectivity index is 2.22. The van der Waals surface area contributed by atoms with Crippen molar-refractivity contribution >= 4 is 5.78 Å². The fraction of sp³-hybridized carbons (Fsp3) is 0.364. The highest BCUT2D eigenvalue weighted by Gasteiger charge is 2.24. The van der Waals surface area contributed by atoms with Gasteiger partial charge in [0.15, 0.2) is 5.78 Å². The number of carbonyl (C=O) groups excluding carboxylic acids is 1. The zero-order valence-corrected chi connectivity index (χ0v) is 8.14. The van der Waals surface area contributed by atoms with E-state index in [1.165, 1.54) is 12.1 Å². The van der Waals surface area contributed by atoms with E-state index in [-0.39, 0.29) is 17.6 Å². The molecule has 4 nitrogen and oxygen atoms in total. The number of hydrogen-bond donors (Lipinski definition) is 2. The van der Waals surface area contributed by atoms with Gasteiger partial charge >= 0.3 is 0 Å². The van der Waals surface area contributed by atoms with Crippen LogP contribution in [0, 0.1) is 0 Å². The molecule has 0 amide bonds. The zero-order valence-electron chi connectivity index (χ0n) is 8.14. The lowest BCUT2D eigenvalue weighted by atomic mass is 10.0. The molecule has 2 N–H and O–H groups in total. The fourth-order valence-electron chi connectivity index (χ4n) is 1.44. The van der Waals surface area contributed by atoms with E-state index < -0.39 is 6.61 Å². The standard InChI is InChI=1S/C11H12O4/c12-5-11(14)7-1-2-10(13)8(3-7)4-9-6-15-9/h1-3,9,12-13H,4-6H2.